The summed E-state index contributed by atoms with van der Waals surface area (Å²) in [6, 6.07) is 8.41. The molecule has 0 atom stereocenters. The van der Waals surface area contributed by atoms with Gasteiger partial charge in [-0.3, -0.25) is 0 Å². The zero-order valence-electron chi connectivity index (χ0n) is 8.46. The SMILES string of the molecule is C/C=C/CCNCc1ccc(Br)cc1. The quantitative estimate of drug-likeness (QED) is 0.626. The first kappa shape index (κ1) is 11.5. The maximum Gasteiger partial charge on any atom is 0.0205 e. The third kappa shape index (κ3) is 4.58. The molecule has 2 heteroatoms. The van der Waals surface area contributed by atoms with Gasteiger partial charge in [0, 0.05) is 11.0 Å². The molecule has 0 aliphatic carbocycles. The van der Waals surface area contributed by atoms with Gasteiger partial charge >= 0.3 is 0 Å². The van der Waals surface area contributed by atoms with E-state index in [-0.39, 0.29) is 0 Å². The first-order valence-corrected chi connectivity index (χ1v) is 5.68. The Hall–Kier alpha value is -0.600. The maximum atomic E-state index is 3.42. The molecule has 0 unspecified atom stereocenters. The average molecular weight is 254 g/mol. The van der Waals surface area contributed by atoms with Gasteiger partial charge in [-0.1, -0.05) is 40.2 Å². The molecule has 0 aromatic heterocycles. The molecule has 1 rings (SSSR count). The Morgan fingerprint density at radius 1 is 1.29 bits per heavy atom. The normalized spacial score (nSPS) is 11.0. The molecule has 14 heavy (non-hydrogen) atoms. The minimum atomic E-state index is 0.949. The molecule has 0 spiro atoms. The Bertz CT molecular complexity index is 277. The summed E-state index contributed by atoms with van der Waals surface area (Å²) in [5.41, 5.74) is 1.33. The fourth-order valence-electron chi connectivity index (χ4n) is 1.19. The van der Waals surface area contributed by atoms with Crippen LogP contribution in [-0.2, 0) is 6.54 Å². The third-order valence-electron chi connectivity index (χ3n) is 1.97. The van der Waals surface area contributed by atoms with Crippen LogP contribution >= 0.6 is 15.9 Å². The van der Waals surface area contributed by atoms with Crippen LogP contribution in [-0.4, -0.2) is 6.54 Å². The van der Waals surface area contributed by atoms with Crippen molar-refractivity contribution in [2.75, 3.05) is 6.54 Å². The van der Waals surface area contributed by atoms with Crippen molar-refractivity contribution < 1.29 is 0 Å². The van der Waals surface area contributed by atoms with Crippen molar-refractivity contribution in [3.63, 3.8) is 0 Å². The van der Waals surface area contributed by atoms with Crippen LogP contribution in [0.1, 0.15) is 18.9 Å². The van der Waals surface area contributed by atoms with E-state index in [0.29, 0.717) is 0 Å². The van der Waals surface area contributed by atoms with E-state index in [9.17, 15) is 0 Å². The van der Waals surface area contributed by atoms with E-state index in [2.05, 4.69) is 64.6 Å². The number of hydrogen-bond donors (Lipinski definition) is 1. The molecular weight excluding hydrogens is 238 g/mol. The summed E-state index contributed by atoms with van der Waals surface area (Å²) in [6.07, 6.45) is 5.36. The largest absolute Gasteiger partial charge is 0.312 e. The maximum absolute atomic E-state index is 3.42. The lowest BCUT2D eigenvalue weighted by atomic mass is 10.2. The Morgan fingerprint density at radius 2 is 2.00 bits per heavy atom. The van der Waals surface area contributed by atoms with Gasteiger partial charge in [-0.2, -0.15) is 0 Å². The fraction of sp³-hybridized carbons (Fsp3) is 0.333. The highest BCUT2D eigenvalue weighted by Crippen LogP contribution is 2.09. The molecule has 0 fully saturated rings. The molecule has 1 nitrogen and oxygen atoms in total. The highest BCUT2D eigenvalue weighted by atomic mass is 79.9. The van der Waals surface area contributed by atoms with Crippen LogP contribution in [0.4, 0.5) is 0 Å². The highest BCUT2D eigenvalue weighted by molar-refractivity contribution is 9.10. The smallest absolute Gasteiger partial charge is 0.0205 e. The first-order chi connectivity index (χ1) is 6.83. The number of halogens is 1. The van der Waals surface area contributed by atoms with E-state index in [0.717, 1.165) is 24.0 Å². The Kier molecular flexibility index (Phi) is 5.57. The second kappa shape index (κ2) is 6.80. The summed E-state index contributed by atoms with van der Waals surface area (Å²) in [5.74, 6) is 0. The molecule has 0 saturated carbocycles. The van der Waals surface area contributed by atoms with Crippen LogP contribution < -0.4 is 5.32 Å². The van der Waals surface area contributed by atoms with Crippen molar-refractivity contribution in [2.24, 2.45) is 0 Å². The van der Waals surface area contributed by atoms with Crippen LogP contribution in [0.25, 0.3) is 0 Å². The zero-order chi connectivity index (χ0) is 10.2. The van der Waals surface area contributed by atoms with Gasteiger partial charge < -0.3 is 5.32 Å². The number of hydrogen-bond acceptors (Lipinski definition) is 1. The highest BCUT2D eigenvalue weighted by Gasteiger charge is 1.91. The van der Waals surface area contributed by atoms with Gasteiger partial charge in [0.25, 0.3) is 0 Å². The van der Waals surface area contributed by atoms with Crippen molar-refractivity contribution in [3.8, 4) is 0 Å². The van der Waals surface area contributed by atoms with Gasteiger partial charge in [-0.05, 0) is 37.6 Å². The molecule has 0 saturated heterocycles. The van der Waals surface area contributed by atoms with Crippen molar-refractivity contribution in [1.29, 1.82) is 0 Å². The first-order valence-electron chi connectivity index (χ1n) is 4.89. The molecule has 1 N–H and O–H groups in total. The predicted molar refractivity (Wildman–Crippen MR) is 65.3 cm³/mol. The molecule has 1 aromatic rings. The predicted octanol–water partition coefficient (Wildman–Crippen LogP) is 3.50. The molecule has 0 aliphatic rings. The Morgan fingerprint density at radius 3 is 2.64 bits per heavy atom. The van der Waals surface area contributed by atoms with E-state index in [1.807, 2.05) is 0 Å². The van der Waals surface area contributed by atoms with Crippen molar-refractivity contribution in [1.82, 2.24) is 5.32 Å². The minimum Gasteiger partial charge on any atom is -0.312 e. The monoisotopic (exact) mass is 253 g/mol. The van der Waals surface area contributed by atoms with Gasteiger partial charge in [-0.15, -0.1) is 0 Å². The average Bonchev–Trinajstić information content (AvgIpc) is 2.21. The van der Waals surface area contributed by atoms with Crippen LogP contribution in [0.15, 0.2) is 40.9 Å². The van der Waals surface area contributed by atoms with Crippen molar-refractivity contribution in [3.05, 3.63) is 46.5 Å². The summed E-state index contributed by atoms with van der Waals surface area (Å²) < 4.78 is 1.13. The molecule has 0 radical (unpaired) electrons. The molecule has 0 bridgehead atoms. The van der Waals surface area contributed by atoms with E-state index >= 15 is 0 Å². The van der Waals surface area contributed by atoms with E-state index in [1.165, 1.54) is 5.56 Å². The summed E-state index contributed by atoms with van der Waals surface area (Å²) >= 11 is 3.42. The number of nitrogens with one attached hydrogen (secondary N) is 1. The van der Waals surface area contributed by atoms with Gasteiger partial charge in [0.15, 0.2) is 0 Å². The molecule has 0 amide bonds. The van der Waals surface area contributed by atoms with E-state index < -0.39 is 0 Å². The van der Waals surface area contributed by atoms with Crippen LogP contribution in [0.5, 0.6) is 0 Å². The molecule has 0 heterocycles. The minimum absolute atomic E-state index is 0.949. The Balaban J connectivity index is 2.21. The van der Waals surface area contributed by atoms with E-state index in [1.54, 1.807) is 0 Å². The molecule has 76 valence electrons. The lowest BCUT2D eigenvalue weighted by molar-refractivity contribution is 0.695. The molecule has 0 aliphatic heterocycles. The molecule has 1 aromatic carbocycles. The van der Waals surface area contributed by atoms with Gasteiger partial charge in [0.05, 0.1) is 0 Å². The number of rotatable bonds is 5. The summed E-state index contributed by atoms with van der Waals surface area (Å²) in [4.78, 5) is 0. The number of allylic oxidation sites excluding steroid dienone is 1. The van der Waals surface area contributed by atoms with Crippen molar-refractivity contribution >= 4 is 15.9 Å². The lowest BCUT2D eigenvalue weighted by Crippen LogP contribution is -2.13. The third-order valence-corrected chi connectivity index (χ3v) is 2.49. The standard InChI is InChI=1S/C12H16BrN/c1-2-3-4-9-14-10-11-5-7-12(13)8-6-11/h2-3,5-8,14H,4,9-10H2,1H3/b3-2+. The summed E-state index contributed by atoms with van der Waals surface area (Å²) in [7, 11) is 0. The Labute approximate surface area is 94.3 Å². The summed E-state index contributed by atoms with van der Waals surface area (Å²) in [6.45, 7) is 4.04. The van der Waals surface area contributed by atoms with Gasteiger partial charge in [-0.25, -0.2) is 0 Å². The van der Waals surface area contributed by atoms with E-state index in [4.69, 9.17) is 0 Å². The second-order valence-corrected chi connectivity index (χ2v) is 4.08. The fourth-order valence-corrected chi connectivity index (χ4v) is 1.45. The van der Waals surface area contributed by atoms with Crippen LogP contribution in [0.2, 0.25) is 0 Å². The second-order valence-electron chi connectivity index (χ2n) is 3.16. The number of benzene rings is 1. The zero-order valence-corrected chi connectivity index (χ0v) is 10.0. The molecular formula is C12H16BrN. The van der Waals surface area contributed by atoms with Crippen LogP contribution in [0.3, 0.4) is 0 Å². The van der Waals surface area contributed by atoms with Gasteiger partial charge in [0.1, 0.15) is 0 Å². The lowest BCUT2D eigenvalue weighted by Gasteiger charge is -2.02. The van der Waals surface area contributed by atoms with Crippen LogP contribution in [0, 0.1) is 0 Å². The topological polar surface area (TPSA) is 12.0 Å². The van der Waals surface area contributed by atoms with Crippen molar-refractivity contribution in [2.45, 2.75) is 19.9 Å². The summed E-state index contributed by atoms with van der Waals surface area (Å²) in [5, 5.41) is 3.39. The van der Waals surface area contributed by atoms with Gasteiger partial charge in [0.2, 0.25) is 0 Å².